The van der Waals surface area contributed by atoms with Gasteiger partial charge in [-0.25, -0.2) is 9.78 Å². The molecule has 0 spiro atoms. The number of carbonyl (C=O) groups excluding carboxylic acids is 1. The predicted molar refractivity (Wildman–Crippen MR) is 60.9 cm³/mol. The fraction of sp³-hybridized carbons (Fsp3) is 0.364. The van der Waals surface area contributed by atoms with Crippen LogP contribution in [0.15, 0.2) is 18.3 Å². The minimum atomic E-state index is -1.04. The second-order valence-electron chi connectivity index (χ2n) is 3.92. The van der Waals surface area contributed by atoms with Crippen LogP contribution in [0, 0.1) is 0 Å². The number of hydrogen-bond acceptors (Lipinski definition) is 4. The van der Waals surface area contributed by atoms with Crippen LogP contribution in [0.4, 0.5) is 5.69 Å². The van der Waals surface area contributed by atoms with Crippen molar-refractivity contribution < 1.29 is 14.7 Å². The number of aromatic carboxylic acids is 1. The lowest BCUT2D eigenvalue weighted by Crippen LogP contribution is -2.41. The van der Waals surface area contributed by atoms with E-state index < -0.39 is 5.97 Å². The Balaban J connectivity index is 1.95. The molecule has 1 aromatic heterocycles. The number of piperidine rings is 1. The molecule has 2 heterocycles. The molecule has 1 atom stereocenters. The Morgan fingerprint density at radius 1 is 1.53 bits per heavy atom. The molecule has 0 aromatic carbocycles. The van der Waals surface area contributed by atoms with Gasteiger partial charge in [0.2, 0.25) is 5.91 Å². The number of rotatable bonds is 3. The van der Waals surface area contributed by atoms with Crippen LogP contribution >= 0.6 is 0 Å². The second-order valence-corrected chi connectivity index (χ2v) is 3.92. The maximum absolute atomic E-state index is 11.0. The number of hydrogen-bond donors (Lipinski definition) is 3. The highest BCUT2D eigenvalue weighted by atomic mass is 16.4. The van der Waals surface area contributed by atoms with Gasteiger partial charge in [0.05, 0.1) is 11.9 Å². The normalized spacial score (nSPS) is 19.5. The average molecular weight is 235 g/mol. The second kappa shape index (κ2) is 4.82. The lowest BCUT2D eigenvalue weighted by Gasteiger charge is -2.24. The monoisotopic (exact) mass is 235 g/mol. The van der Waals surface area contributed by atoms with E-state index >= 15 is 0 Å². The molecule has 1 unspecified atom stereocenters. The van der Waals surface area contributed by atoms with Gasteiger partial charge >= 0.3 is 5.97 Å². The molecule has 1 aliphatic heterocycles. The van der Waals surface area contributed by atoms with Gasteiger partial charge < -0.3 is 15.7 Å². The number of carboxylic acid groups (broad SMARTS) is 1. The van der Waals surface area contributed by atoms with Gasteiger partial charge in [-0.05, 0) is 18.6 Å². The summed E-state index contributed by atoms with van der Waals surface area (Å²) < 4.78 is 0. The first-order valence-corrected chi connectivity index (χ1v) is 5.38. The fourth-order valence-electron chi connectivity index (χ4n) is 1.70. The van der Waals surface area contributed by atoms with Gasteiger partial charge in [-0.15, -0.1) is 0 Å². The van der Waals surface area contributed by atoms with Gasteiger partial charge in [-0.2, -0.15) is 0 Å². The summed E-state index contributed by atoms with van der Waals surface area (Å²) in [7, 11) is 0. The van der Waals surface area contributed by atoms with Crippen LogP contribution in [0.25, 0.3) is 0 Å². The Hall–Kier alpha value is -2.11. The van der Waals surface area contributed by atoms with Crippen molar-refractivity contribution in [3.63, 3.8) is 0 Å². The molecule has 0 aliphatic carbocycles. The van der Waals surface area contributed by atoms with Gasteiger partial charge in [0.1, 0.15) is 5.69 Å². The van der Waals surface area contributed by atoms with Gasteiger partial charge in [0.15, 0.2) is 0 Å². The number of nitrogens with one attached hydrogen (secondary N) is 2. The Morgan fingerprint density at radius 2 is 2.35 bits per heavy atom. The molecular weight excluding hydrogens is 222 g/mol. The van der Waals surface area contributed by atoms with Gasteiger partial charge in [-0.1, -0.05) is 0 Å². The van der Waals surface area contributed by atoms with Crippen LogP contribution < -0.4 is 10.6 Å². The number of nitrogens with zero attached hydrogens (tertiary/aromatic N) is 1. The highest BCUT2D eigenvalue weighted by Crippen LogP contribution is 2.12. The van der Waals surface area contributed by atoms with Crippen molar-refractivity contribution in [3.8, 4) is 0 Å². The van der Waals surface area contributed by atoms with Crippen molar-refractivity contribution in [2.45, 2.75) is 18.9 Å². The zero-order chi connectivity index (χ0) is 12.3. The predicted octanol–water partition coefficient (Wildman–Crippen LogP) is 0.470. The molecule has 17 heavy (non-hydrogen) atoms. The minimum absolute atomic E-state index is 0.0208. The van der Waals surface area contributed by atoms with E-state index in [1.54, 1.807) is 6.07 Å². The quantitative estimate of drug-likeness (QED) is 0.708. The summed E-state index contributed by atoms with van der Waals surface area (Å²) in [6.07, 6.45) is 2.77. The summed E-state index contributed by atoms with van der Waals surface area (Å²) in [6, 6.07) is 3.30. The van der Waals surface area contributed by atoms with Crippen molar-refractivity contribution in [3.05, 3.63) is 24.0 Å². The zero-order valence-electron chi connectivity index (χ0n) is 9.14. The SMILES string of the molecule is O=C1CCC(Nc2ccc(C(=O)O)nc2)CN1. The van der Waals surface area contributed by atoms with Crippen molar-refractivity contribution >= 4 is 17.6 Å². The Kier molecular flexibility index (Phi) is 3.22. The van der Waals surface area contributed by atoms with Gasteiger partial charge in [-0.3, -0.25) is 4.79 Å². The third-order valence-electron chi connectivity index (χ3n) is 2.62. The first kappa shape index (κ1) is 11.4. The number of anilines is 1. The molecule has 6 nitrogen and oxygen atoms in total. The van der Waals surface area contributed by atoms with Crippen LogP contribution in [-0.2, 0) is 4.79 Å². The average Bonchev–Trinajstić information content (AvgIpc) is 2.33. The van der Waals surface area contributed by atoms with E-state index in [4.69, 9.17) is 5.11 Å². The van der Waals surface area contributed by atoms with E-state index in [2.05, 4.69) is 15.6 Å². The number of aromatic nitrogens is 1. The molecule has 90 valence electrons. The first-order valence-electron chi connectivity index (χ1n) is 5.38. The summed E-state index contributed by atoms with van der Waals surface area (Å²) in [4.78, 5) is 25.4. The minimum Gasteiger partial charge on any atom is -0.477 e. The van der Waals surface area contributed by atoms with Crippen molar-refractivity contribution in [1.82, 2.24) is 10.3 Å². The van der Waals surface area contributed by atoms with Crippen LogP contribution in [0.1, 0.15) is 23.3 Å². The molecule has 0 bridgehead atoms. The Labute approximate surface area is 98.1 Å². The third-order valence-corrected chi connectivity index (χ3v) is 2.62. The van der Waals surface area contributed by atoms with Crippen molar-refractivity contribution in [2.75, 3.05) is 11.9 Å². The molecular formula is C11H13N3O3. The third kappa shape index (κ3) is 2.93. The van der Waals surface area contributed by atoms with Crippen molar-refractivity contribution in [1.29, 1.82) is 0 Å². The molecule has 2 rings (SSSR count). The lowest BCUT2D eigenvalue weighted by molar-refractivity contribution is -0.122. The molecule has 1 amide bonds. The molecule has 1 aliphatic rings. The van der Waals surface area contributed by atoms with E-state index in [1.165, 1.54) is 12.3 Å². The standard InChI is InChI=1S/C11H13N3O3/c15-10-4-2-8(6-13-10)14-7-1-3-9(11(16)17)12-5-7/h1,3,5,8,14H,2,4,6H2,(H,13,15)(H,16,17). The molecule has 1 aromatic rings. The van der Waals surface area contributed by atoms with Gasteiger partial charge in [0, 0.05) is 19.0 Å². The van der Waals surface area contributed by atoms with Crippen LogP contribution in [0.3, 0.4) is 0 Å². The summed E-state index contributed by atoms with van der Waals surface area (Å²) in [5, 5.41) is 14.7. The summed E-state index contributed by atoms with van der Waals surface area (Å²) in [5.41, 5.74) is 0.781. The van der Waals surface area contributed by atoms with E-state index in [1.807, 2.05) is 0 Å². The summed E-state index contributed by atoms with van der Waals surface area (Å²) in [5.74, 6) is -0.969. The van der Waals surface area contributed by atoms with Crippen molar-refractivity contribution in [2.24, 2.45) is 0 Å². The highest BCUT2D eigenvalue weighted by Gasteiger charge is 2.17. The Morgan fingerprint density at radius 3 is 2.88 bits per heavy atom. The molecule has 0 saturated carbocycles. The summed E-state index contributed by atoms with van der Waals surface area (Å²) in [6.45, 7) is 0.583. The van der Waals surface area contributed by atoms with Crippen LogP contribution in [0.2, 0.25) is 0 Å². The molecule has 3 N–H and O–H groups in total. The molecule has 0 radical (unpaired) electrons. The van der Waals surface area contributed by atoms with Crippen LogP contribution in [-0.4, -0.2) is 34.6 Å². The van der Waals surface area contributed by atoms with E-state index in [0.29, 0.717) is 13.0 Å². The van der Waals surface area contributed by atoms with E-state index in [-0.39, 0.29) is 17.6 Å². The van der Waals surface area contributed by atoms with E-state index in [0.717, 1.165) is 12.1 Å². The number of amides is 1. The molecule has 1 saturated heterocycles. The topological polar surface area (TPSA) is 91.3 Å². The number of pyridine rings is 1. The van der Waals surface area contributed by atoms with Gasteiger partial charge in [0.25, 0.3) is 0 Å². The number of carboxylic acids is 1. The Bertz CT molecular complexity index is 420. The molecule has 6 heteroatoms. The maximum atomic E-state index is 11.0. The zero-order valence-corrected chi connectivity index (χ0v) is 9.14. The summed E-state index contributed by atoms with van der Waals surface area (Å²) >= 11 is 0. The largest absolute Gasteiger partial charge is 0.477 e. The molecule has 1 fully saturated rings. The highest BCUT2D eigenvalue weighted by molar-refractivity contribution is 5.85. The number of carbonyl (C=O) groups is 2. The first-order chi connectivity index (χ1) is 8.15. The fourth-order valence-corrected chi connectivity index (χ4v) is 1.70. The maximum Gasteiger partial charge on any atom is 0.354 e. The van der Waals surface area contributed by atoms with Crippen LogP contribution in [0.5, 0.6) is 0 Å². The lowest BCUT2D eigenvalue weighted by atomic mass is 10.1. The van der Waals surface area contributed by atoms with E-state index in [9.17, 15) is 9.59 Å². The smallest absolute Gasteiger partial charge is 0.354 e.